The lowest BCUT2D eigenvalue weighted by Gasteiger charge is -2.05. The van der Waals surface area contributed by atoms with Gasteiger partial charge in [-0.05, 0) is 19.8 Å². The molecule has 0 saturated carbocycles. The second-order valence-corrected chi connectivity index (χ2v) is 4.72. The Labute approximate surface area is 92.7 Å². The monoisotopic (exact) mass is 206 g/mol. The number of hydrogen-bond donors (Lipinski definition) is 0. The highest BCUT2D eigenvalue weighted by atomic mass is 15.1. The summed E-state index contributed by atoms with van der Waals surface area (Å²) in [6, 6.07) is 0. The van der Waals surface area contributed by atoms with Crippen LogP contribution in [0.25, 0.3) is 0 Å². The zero-order chi connectivity index (χ0) is 10.5. The van der Waals surface area contributed by atoms with E-state index < -0.39 is 0 Å². The third kappa shape index (κ3) is 3.08. The van der Waals surface area contributed by atoms with Crippen molar-refractivity contribution in [3.8, 4) is 0 Å². The van der Waals surface area contributed by atoms with Crippen molar-refractivity contribution in [3.63, 3.8) is 0 Å². The SMILES string of the molecule is Cc1cn2c(n1)CCCCCCCCC2. The predicted molar refractivity (Wildman–Crippen MR) is 63.0 cm³/mol. The van der Waals surface area contributed by atoms with Gasteiger partial charge >= 0.3 is 0 Å². The van der Waals surface area contributed by atoms with Crippen LogP contribution in [0.15, 0.2) is 6.20 Å². The van der Waals surface area contributed by atoms with Gasteiger partial charge in [-0.25, -0.2) is 4.98 Å². The molecule has 0 bridgehead atoms. The van der Waals surface area contributed by atoms with Gasteiger partial charge in [-0.1, -0.05) is 32.1 Å². The minimum absolute atomic E-state index is 1.17. The van der Waals surface area contributed by atoms with E-state index in [-0.39, 0.29) is 0 Å². The van der Waals surface area contributed by atoms with Crippen molar-refractivity contribution in [2.24, 2.45) is 0 Å². The second kappa shape index (κ2) is 5.34. The molecule has 0 unspecified atom stereocenters. The molecule has 0 atom stereocenters. The van der Waals surface area contributed by atoms with Crippen molar-refractivity contribution >= 4 is 0 Å². The molecule has 1 aliphatic rings. The molecule has 2 rings (SSSR count). The van der Waals surface area contributed by atoms with Crippen LogP contribution in [-0.2, 0) is 13.0 Å². The van der Waals surface area contributed by atoms with Crippen LogP contribution in [0.5, 0.6) is 0 Å². The lowest BCUT2D eigenvalue weighted by molar-refractivity contribution is 0.559. The van der Waals surface area contributed by atoms with Crippen molar-refractivity contribution in [2.75, 3.05) is 0 Å². The molecule has 2 heterocycles. The first-order valence-corrected chi connectivity index (χ1v) is 6.39. The molecule has 0 spiro atoms. The number of fused-ring (bicyclic) bond motifs is 1. The molecular formula is C13H22N2. The molecule has 0 aromatic carbocycles. The first-order valence-electron chi connectivity index (χ1n) is 6.39. The Bertz CT molecular complexity index is 274. The van der Waals surface area contributed by atoms with Gasteiger partial charge in [0.05, 0.1) is 5.69 Å². The van der Waals surface area contributed by atoms with Crippen LogP contribution in [0.1, 0.15) is 56.5 Å². The van der Waals surface area contributed by atoms with Crippen molar-refractivity contribution in [1.82, 2.24) is 9.55 Å². The fraction of sp³-hybridized carbons (Fsp3) is 0.769. The van der Waals surface area contributed by atoms with E-state index in [0.717, 1.165) is 0 Å². The first-order chi connectivity index (χ1) is 7.36. The molecule has 1 aliphatic heterocycles. The Hall–Kier alpha value is -0.790. The minimum atomic E-state index is 1.17. The largest absolute Gasteiger partial charge is 0.335 e. The third-order valence-corrected chi connectivity index (χ3v) is 3.28. The molecule has 1 aromatic heterocycles. The maximum atomic E-state index is 4.62. The highest BCUT2D eigenvalue weighted by Crippen LogP contribution is 2.14. The highest BCUT2D eigenvalue weighted by molar-refractivity contribution is 5.02. The van der Waals surface area contributed by atoms with Crippen LogP contribution in [0.4, 0.5) is 0 Å². The molecule has 0 fully saturated rings. The normalized spacial score (nSPS) is 19.3. The number of rotatable bonds is 0. The average molecular weight is 206 g/mol. The Balaban J connectivity index is 2.04. The van der Waals surface area contributed by atoms with E-state index in [2.05, 4.69) is 22.7 Å². The summed E-state index contributed by atoms with van der Waals surface area (Å²) in [6.07, 6.45) is 13.1. The second-order valence-electron chi connectivity index (χ2n) is 4.72. The average Bonchev–Trinajstić information content (AvgIpc) is 2.54. The van der Waals surface area contributed by atoms with Crippen molar-refractivity contribution in [3.05, 3.63) is 17.7 Å². The standard InChI is InChI=1S/C13H22N2/c1-12-11-15-10-8-6-4-2-3-5-7-9-13(15)14-12/h11H,2-10H2,1H3. The first kappa shape index (κ1) is 10.7. The number of aryl methyl sites for hydroxylation is 3. The smallest absolute Gasteiger partial charge is 0.108 e. The van der Waals surface area contributed by atoms with Gasteiger partial charge in [-0.3, -0.25) is 0 Å². The van der Waals surface area contributed by atoms with E-state index in [9.17, 15) is 0 Å². The molecule has 15 heavy (non-hydrogen) atoms. The number of hydrogen-bond acceptors (Lipinski definition) is 1. The Morgan fingerprint density at radius 3 is 2.47 bits per heavy atom. The summed E-state index contributed by atoms with van der Waals surface area (Å²) >= 11 is 0. The summed E-state index contributed by atoms with van der Waals surface area (Å²) in [5.74, 6) is 1.31. The van der Waals surface area contributed by atoms with Crippen molar-refractivity contribution in [2.45, 2.75) is 64.8 Å². The number of nitrogens with zero attached hydrogens (tertiary/aromatic N) is 2. The van der Waals surface area contributed by atoms with Gasteiger partial charge in [0.15, 0.2) is 0 Å². The Kier molecular flexibility index (Phi) is 3.81. The van der Waals surface area contributed by atoms with E-state index in [0.29, 0.717) is 0 Å². The topological polar surface area (TPSA) is 17.8 Å². The van der Waals surface area contributed by atoms with Crippen LogP contribution in [0.2, 0.25) is 0 Å². The fourth-order valence-corrected chi connectivity index (χ4v) is 2.44. The predicted octanol–water partition coefficient (Wildman–Crippen LogP) is 3.48. The van der Waals surface area contributed by atoms with Gasteiger partial charge in [0, 0.05) is 19.2 Å². The quantitative estimate of drug-likeness (QED) is 0.635. The minimum Gasteiger partial charge on any atom is -0.335 e. The van der Waals surface area contributed by atoms with E-state index >= 15 is 0 Å². The van der Waals surface area contributed by atoms with Crippen LogP contribution in [0.3, 0.4) is 0 Å². The maximum absolute atomic E-state index is 4.62. The van der Waals surface area contributed by atoms with Crippen LogP contribution in [-0.4, -0.2) is 9.55 Å². The van der Waals surface area contributed by atoms with Gasteiger partial charge in [-0.15, -0.1) is 0 Å². The molecule has 0 saturated heterocycles. The van der Waals surface area contributed by atoms with Crippen molar-refractivity contribution < 1.29 is 0 Å². The molecule has 0 radical (unpaired) electrons. The summed E-state index contributed by atoms with van der Waals surface area (Å²) in [4.78, 5) is 4.62. The summed E-state index contributed by atoms with van der Waals surface area (Å²) in [7, 11) is 0. The van der Waals surface area contributed by atoms with Gasteiger partial charge in [0.2, 0.25) is 0 Å². The fourth-order valence-electron chi connectivity index (χ4n) is 2.44. The zero-order valence-electron chi connectivity index (χ0n) is 9.84. The van der Waals surface area contributed by atoms with Crippen LogP contribution in [0, 0.1) is 6.92 Å². The van der Waals surface area contributed by atoms with Crippen molar-refractivity contribution in [1.29, 1.82) is 0 Å². The van der Waals surface area contributed by atoms with Gasteiger partial charge in [0.1, 0.15) is 5.82 Å². The summed E-state index contributed by atoms with van der Waals surface area (Å²) in [6.45, 7) is 3.28. The van der Waals surface area contributed by atoms with Gasteiger partial charge in [-0.2, -0.15) is 0 Å². The van der Waals surface area contributed by atoms with Gasteiger partial charge in [0.25, 0.3) is 0 Å². The maximum Gasteiger partial charge on any atom is 0.108 e. The van der Waals surface area contributed by atoms with E-state index in [1.807, 2.05) is 0 Å². The highest BCUT2D eigenvalue weighted by Gasteiger charge is 2.06. The summed E-state index contributed by atoms with van der Waals surface area (Å²) in [5, 5.41) is 0. The molecule has 1 aromatic rings. The molecule has 84 valence electrons. The Morgan fingerprint density at radius 2 is 1.67 bits per heavy atom. The third-order valence-electron chi connectivity index (χ3n) is 3.28. The van der Waals surface area contributed by atoms with E-state index in [1.165, 1.54) is 69.4 Å². The van der Waals surface area contributed by atoms with Crippen LogP contribution >= 0.6 is 0 Å². The van der Waals surface area contributed by atoms with E-state index in [1.54, 1.807) is 0 Å². The Morgan fingerprint density at radius 1 is 1.00 bits per heavy atom. The molecule has 2 heteroatoms. The zero-order valence-corrected chi connectivity index (χ0v) is 9.84. The van der Waals surface area contributed by atoms with Gasteiger partial charge < -0.3 is 4.57 Å². The molecule has 0 amide bonds. The number of imidazole rings is 1. The lowest BCUT2D eigenvalue weighted by atomic mass is 10.1. The summed E-state index contributed by atoms with van der Waals surface area (Å²) in [5.41, 5.74) is 1.18. The summed E-state index contributed by atoms with van der Waals surface area (Å²) < 4.78 is 2.38. The van der Waals surface area contributed by atoms with E-state index in [4.69, 9.17) is 0 Å². The molecule has 0 aliphatic carbocycles. The lowest BCUT2D eigenvalue weighted by Crippen LogP contribution is -2.02. The molecule has 2 nitrogen and oxygen atoms in total. The number of aromatic nitrogens is 2. The molecular weight excluding hydrogens is 184 g/mol. The van der Waals surface area contributed by atoms with Crippen LogP contribution < -0.4 is 0 Å². The molecule has 0 N–H and O–H groups in total.